The Labute approximate surface area is 225 Å². The van der Waals surface area contributed by atoms with Crippen LogP contribution in [0.15, 0.2) is 55.6 Å². The largest absolute Gasteiger partial charge is 0.394 e. The van der Waals surface area contributed by atoms with Crippen LogP contribution in [-0.4, -0.2) is 87.1 Å². The number of amides is 3. The zero-order chi connectivity index (χ0) is 27.6. The highest BCUT2D eigenvalue weighted by Crippen LogP contribution is 2.59. The summed E-state index contributed by atoms with van der Waals surface area (Å²) >= 11 is 0. The van der Waals surface area contributed by atoms with Crippen molar-refractivity contribution in [1.82, 2.24) is 14.7 Å². The molecular formula is C30H41N3O5. The fourth-order valence-corrected chi connectivity index (χ4v) is 6.71. The Balaban J connectivity index is 1.74. The van der Waals surface area contributed by atoms with Crippen molar-refractivity contribution in [3.63, 3.8) is 0 Å². The SMILES string of the molecule is C=CCN(Cc1ccccc1)C(=O)[C@@H]1[C@@H]2CCC3(O2)C(C(=O)N(CC=C)C(C)C)N([C@@H](CC)CO)C(=O)[C@H]13. The Morgan fingerprint density at radius 1 is 1.18 bits per heavy atom. The second-order valence-electron chi connectivity index (χ2n) is 10.9. The molecule has 6 atom stereocenters. The van der Waals surface area contributed by atoms with Gasteiger partial charge in [0.2, 0.25) is 17.7 Å². The highest BCUT2D eigenvalue weighted by molar-refractivity contribution is 5.99. The average Bonchev–Trinajstić information content (AvgIpc) is 3.55. The van der Waals surface area contributed by atoms with Crippen LogP contribution in [-0.2, 0) is 25.7 Å². The number of hydrogen-bond acceptors (Lipinski definition) is 5. The van der Waals surface area contributed by atoms with Gasteiger partial charge >= 0.3 is 0 Å². The van der Waals surface area contributed by atoms with Gasteiger partial charge in [-0.25, -0.2) is 0 Å². The van der Waals surface area contributed by atoms with E-state index >= 15 is 0 Å². The molecule has 8 heteroatoms. The van der Waals surface area contributed by atoms with Gasteiger partial charge in [0.05, 0.1) is 30.6 Å². The Morgan fingerprint density at radius 3 is 2.45 bits per heavy atom. The lowest BCUT2D eigenvalue weighted by molar-refractivity contribution is -0.152. The normalized spacial score (nSPS) is 28.3. The lowest BCUT2D eigenvalue weighted by Gasteiger charge is -2.40. The molecule has 2 bridgehead atoms. The Kier molecular flexibility index (Phi) is 8.43. The summed E-state index contributed by atoms with van der Waals surface area (Å²) < 4.78 is 6.59. The number of likely N-dealkylation sites (tertiary alicyclic amines) is 1. The third-order valence-corrected chi connectivity index (χ3v) is 8.44. The number of hydrogen-bond donors (Lipinski definition) is 1. The van der Waals surface area contributed by atoms with Gasteiger partial charge < -0.3 is 24.5 Å². The van der Waals surface area contributed by atoms with Crippen LogP contribution in [0.25, 0.3) is 0 Å². The molecule has 1 N–H and O–H groups in total. The fraction of sp³-hybridized carbons (Fsp3) is 0.567. The second-order valence-corrected chi connectivity index (χ2v) is 10.9. The molecule has 4 rings (SSSR count). The number of carbonyl (C=O) groups excluding carboxylic acids is 3. The van der Waals surface area contributed by atoms with Crippen LogP contribution >= 0.6 is 0 Å². The summed E-state index contributed by atoms with van der Waals surface area (Å²) in [5, 5.41) is 10.2. The van der Waals surface area contributed by atoms with Crippen molar-refractivity contribution in [3.05, 3.63) is 61.2 Å². The first kappa shape index (κ1) is 28.0. The minimum Gasteiger partial charge on any atom is -0.394 e. The molecular weight excluding hydrogens is 482 g/mol. The van der Waals surface area contributed by atoms with Crippen LogP contribution in [0.2, 0.25) is 0 Å². The lowest BCUT2D eigenvalue weighted by Crippen LogP contribution is -2.59. The molecule has 0 saturated carbocycles. The molecule has 8 nitrogen and oxygen atoms in total. The zero-order valence-electron chi connectivity index (χ0n) is 22.8. The number of rotatable bonds is 12. The highest BCUT2D eigenvalue weighted by Gasteiger charge is 2.75. The molecule has 2 unspecified atom stereocenters. The molecule has 0 aromatic heterocycles. The highest BCUT2D eigenvalue weighted by atomic mass is 16.5. The number of aliphatic hydroxyl groups is 1. The van der Waals surface area contributed by atoms with E-state index in [2.05, 4.69) is 13.2 Å². The van der Waals surface area contributed by atoms with E-state index in [0.29, 0.717) is 38.9 Å². The zero-order valence-corrected chi connectivity index (χ0v) is 22.8. The summed E-state index contributed by atoms with van der Waals surface area (Å²) in [4.78, 5) is 47.4. The Hall–Kier alpha value is -2.97. The van der Waals surface area contributed by atoms with Gasteiger partial charge in [-0.2, -0.15) is 0 Å². The molecule has 0 radical (unpaired) electrons. The van der Waals surface area contributed by atoms with Crippen molar-refractivity contribution in [2.45, 2.75) is 76.4 Å². The van der Waals surface area contributed by atoms with Gasteiger partial charge in [-0.15, -0.1) is 13.2 Å². The number of aliphatic hydroxyl groups excluding tert-OH is 1. The van der Waals surface area contributed by atoms with Crippen molar-refractivity contribution < 1.29 is 24.2 Å². The number of fused-ring (bicyclic) bond motifs is 1. The van der Waals surface area contributed by atoms with Crippen LogP contribution in [0.1, 0.15) is 45.6 Å². The summed E-state index contributed by atoms with van der Waals surface area (Å²) in [5.41, 5.74) is -0.111. The Bertz CT molecular complexity index is 1060. The first-order valence-electron chi connectivity index (χ1n) is 13.7. The fourth-order valence-electron chi connectivity index (χ4n) is 6.71. The topological polar surface area (TPSA) is 90.4 Å². The maximum absolute atomic E-state index is 14.2. The molecule has 1 spiro atoms. The van der Waals surface area contributed by atoms with Crippen molar-refractivity contribution >= 4 is 17.7 Å². The monoisotopic (exact) mass is 523 g/mol. The smallest absolute Gasteiger partial charge is 0.248 e. The molecule has 3 aliphatic rings. The van der Waals surface area contributed by atoms with Crippen LogP contribution in [0.4, 0.5) is 0 Å². The minimum absolute atomic E-state index is 0.118. The van der Waals surface area contributed by atoms with Gasteiger partial charge in [0.1, 0.15) is 11.6 Å². The van der Waals surface area contributed by atoms with E-state index in [1.54, 1.807) is 26.9 Å². The summed E-state index contributed by atoms with van der Waals surface area (Å²) in [6.07, 6.45) is 4.54. The Morgan fingerprint density at radius 2 is 1.87 bits per heavy atom. The van der Waals surface area contributed by atoms with E-state index in [1.807, 2.05) is 51.1 Å². The van der Waals surface area contributed by atoms with Crippen LogP contribution in [0.3, 0.4) is 0 Å². The third-order valence-electron chi connectivity index (χ3n) is 8.44. The van der Waals surface area contributed by atoms with E-state index in [1.165, 1.54) is 0 Å². The quantitative estimate of drug-likeness (QED) is 0.426. The number of carbonyl (C=O) groups is 3. The van der Waals surface area contributed by atoms with Gasteiger partial charge in [-0.05, 0) is 38.7 Å². The van der Waals surface area contributed by atoms with E-state index in [9.17, 15) is 19.5 Å². The predicted molar refractivity (Wildman–Crippen MR) is 145 cm³/mol. The average molecular weight is 524 g/mol. The van der Waals surface area contributed by atoms with Crippen molar-refractivity contribution in [2.75, 3.05) is 19.7 Å². The maximum Gasteiger partial charge on any atom is 0.248 e. The standard InChI is InChI=1S/C30H41N3O5/c1-6-16-31(18-21-12-10-9-11-13-21)27(35)24-23-14-15-30(38-23)25(24)28(36)33(22(8-3)19-34)26(30)29(37)32(17-7-2)20(4)5/h6-7,9-13,20,22-26,34H,1-2,8,14-19H2,3-5H3/t22-,23-,24+,25-,26?,30?/m0/s1. The molecule has 3 saturated heterocycles. The van der Waals surface area contributed by atoms with Gasteiger partial charge in [-0.1, -0.05) is 49.4 Å². The summed E-state index contributed by atoms with van der Waals surface area (Å²) in [7, 11) is 0. The minimum atomic E-state index is -1.09. The molecule has 0 aliphatic carbocycles. The van der Waals surface area contributed by atoms with Gasteiger partial charge in [0, 0.05) is 25.7 Å². The van der Waals surface area contributed by atoms with Gasteiger partial charge in [0.25, 0.3) is 0 Å². The van der Waals surface area contributed by atoms with E-state index in [4.69, 9.17) is 4.74 Å². The lowest BCUT2D eigenvalue weighted by atomic mass is 9.70. The van der Waals surface area contributed by atoms with E-state index in [0.717, 1.165) is 5.56 Å². The summed E-state index contributed by atoms with van der Waals surface area (Å²) in [6, 6.07) is 8.16. The van der Waals surface area contributed by atoms with E-state index in [-0.39, 0.29) is 30.4 Å². The molecule has 3 fully saturated rings. The first-order chi connectivity index (χ1) is 18.2. The van der Waals surface area contributed by atoms with Crippen molar-refractivity contribution in [2.24, 2.45) is 11.8 Å². The molecule has 3 heterocycles. The molecule has 1 aromatic rings. The van der Waals surface area contributed by atoms with Gasteiger partial charge in [-0.3, -0.25) is 14.4 Å². The van der Waals surface area contributed by atoms with Crippen LogP contribution in [0.5, 0.6) is 0 Å². The molecule has 3 amide bonds. The molecule has 206 valence electrons. The number of benzene rings is 1. The number of ether oxygens (including phenoxy) is 1. The third kappa shape index (κ3) is 4.58. The first-order valence-corrected chi connectivity index (χ1v) is 13.7. The molecule has 1 aromatic carbocycles. The second kappa shape index (κ2) is 11.4. The number of nitrogens with zero attached hydrogens (tertiary/aromatic N) is 3. The van der Waals surface area contributed by atoms with Crippen LogP contribution in [0, 0.1) is 11.8 Å². The molecule has 3 aliphatic heterocycles. The van der Waals surface area contributed by atoms with Crippen molar-refractivity contribution in [3.8, 4) is 0 Å². The van der Waals surface area contributed by atoms with E-state index < -0.39 is 35.6 Å². The predicted octanol–water partition coefficient (Wildman–Crippen LogP) is 2.77. The van der Waals surface area contributed by atoms with Crippen molar-refractivity contribution in [1.29, 1.82) is 0 Å². The molecule has 38 heavy (non-hydrogen) atoms. The maximum atomic E-state index is 14.2. The summed E-state index contributed by atoms with van der Waals surface area (Å²) in [5.74, 6) is -2.11. The van der Waals surface area contributed by atoms with Crippen LogP contribution < -0.4 is 0 Å². The summed E-state index contributed by atoms with van der Waals surface area (Å²) in [6.45, 7) is 14.2. The van der Waals surface area contributed by atoms with Gasteiger partial charge in [0.15, 0.2) is 0 Å².